The number of nitrogens with two attached hydrogens (primary N) is 1. The zero-order valence-corrected chi connectivity index (χ0v) is 12.3. The van der Waals surface area contributed by atoms with Gasteiger partial charge in [-0.15, -0.1) is 0 Å². The smallest absolute Gasteiger partial charge is 0.225 e. The summed E-state index contributed by atoms with van der Waals surface area (Å²) in [6.07, 6.45) is 0.499. The first-order chi connectivity index (χ1) is 9.06. The highest BCUT2D eigenvalue weighted by Gasteiger charge is 2.06. The Morgan fingerprint density at radius 2 is 1.84 bits per heavy atom. The van der Waals surface area contributed by atoms with Crippen LogP contribution < -0.4 is 11.1 Å². The van der Waals surface area contributed by atoms with Crippen molar-refractivity contribution in [2.24, 2.45) is 5.73 Å². The van der Waals surface area contributed by atoms with Crippen LogP contribution in [0.5, 0.6) is 0 Å². The average Bonchev–Trinajstić information content (AvgIpc) is 2.40. The van der Waals surface area contributed by atoms with Gasteiger partial charge in [0.2, 0.25) is 5.91 Å². The molecule has 0 saturated heterocycles. The monoisotopic (exact) mass is 279 g/mol. The highest BCUT2D eigenvalue weighted by atomic mass is 32.1. The molecule has 0 spiro atoms. The van der Waals surface area contributed by atoms with Gasteiger partial charge in [0.1, 0.15) is 4.99 Å². The van der Waals surface area contributed by atoms with E-state index in [0.29, 0.717) is 11.4 Å². The number of nitrogens with one attached hydrogen (secondary N) is 1. The summed E-state index contributed by atoms with van der Waals surface area (Å²) in [5.74, 6) is 0.0231. The second kappa shape index (κ2) is 7.86. The Balaban J connectivity index is 2.46. The lowest BCUT2D eigenvalue weighted by atomic mass is 10.2. The molecule has 0 bridgehead atoms. The summed E-state index contributed by atoms with van der Waals surface area (Å²) < 4.78 is 0. The van der Waals surface area contributed by atoms with E-state index >= 15 is 0 Å². The molecule has 0 radical (unpaired) electrons. The van der Waals surface area contributed by atoms with Gasteiger partial charge in [0.05, 0.1) is 0 Å². The number of nitrogens with zero attached hydrogens (tertiary/aromatic N) is 1. The van der Waals surface area contributed by atoms with Gasteiger partial charge >= 0.3 is 0 Å². The fourth-order valence-electron chi connectivity index (χ4n) is 1.74. The molecule has 1 aromatic rings. The summed E-state index contributed by atoms with van der Waals surface area (Å²) in [7, 11) is 0. The minimum atomic E-state index is 0.0231. The summed E-state index contributed by atoms with van der Waals surface area (Å²) in [6.45, 7) is 6.90. The molecule has 0 heterocycles. The minimum absolute atomic E-state index is 0.0231. The van der Waals surface area contributed by atoms with Crippen molar-refractivity contribution in [3.8, 4) is 0 Å². The molecule has 1 aromatic carbocycles. The van der Waals surface area contributed by atoms with Crippen LogP contribution in [-0.4, -0.2) is 35.4 Å². The number of amides is 1. The predicted octanol–water partition coefficient (Wildman–Crippen LogP) is 1.99. The Labute approximate surface area is 120 Å². The molecule has 5 heteroatoms. The van der Waals surface area contributed by atoms with Gasteiger partial charge in [0.25, 0.3) is 0 Å². The molecule has 0 aliphatic heterocycles. The van der Waals surface area contributed by atoms with E-state index in [1.165, 1.54) is 0 Å². The molecular weight excluding hydrogens is 258 g/mol. The Morgan fingerprint density at radius 3 is 2.32 bits per heavy atom. The maximum Gasteiger partial charge on any atom is 0.225 e. The molecule has 0 atom stereocenters. The van der Waals surface area contributed by atoms with Gasteiger partial charge in [0, 0.05) is 24.2 Å². The highest BCUT2D eigenvalue weighted by Crippen LogP contribution is 2.10. The lowest BCUT2D eigenvalue weighted by Crippen LogP contribution is -2.27. The van der Waals surface area contributed by atoms with Gasteiger partial charge in [-0.3, -0.25) is 4.79 Å². The molecule has 0 unspecified atom stereocenters. The largest absolute Gasteiger partial charge is 0.389 e. The molecule has 0 aromatic heterocycles. The van der Waals surface area contributed by atoms with Gasteiger partial charge in [0.15, 0.2) is 0 Å². The third kappa shape index (κ3) is 5.36. The number of carbonyl (C=O) groups is 1. The average molecular weight is 279 g/mol. The van der Waals surface area contributed by atoms with Crippen LogP contribution >= 0.6 is 12.2 Å². The number of carbonyl (C=O) groups excluding carboxylic acids is 1. The molecular formula is C14H21N3OS. The number of thiocarbonyl (C=S) groups is 1. The number of benzene rings is 1. The summed E-state index contributed by atoms with van der Waals surface area (Å²) in [6, 6.07) is 7.23. The van der Waals surface area contributed by atoms with Crippen LogP contribution in [0.3, 0.4) is 0 Å². The van der Waals surface area contributed by atoms with E-state index in [4.69, 9.17) is 18.0 Å². The lowest BCUT2D eigenvalue weighted by Gasteiger charge is -2.17. The molecule has 3 N–H and O–H groups in total. The Morgan fingerprint density at radius 1 is 1.26 bits per heavy atom. The van der Waals surface area contributed by atoms with E-state index in [1.807, 2.05) is 24.3 Å². The SMILES string of the molecule is CCN(CC)CCC(=O)Nc1ccc(C(N)=S)cc1. The number of hydrogen-bond donors (Lipinski definition) is 2. The van der Waals surface area contributed by atoms with E-state index in [0.717, 1.165) is 30.9 Å². The van der Waals surface area contributed by atoms with Gasteiger partial charge in [-0.2, -0.15) is 0 Å². The van der Waals surface area contributed by atoms with E-state index in [9.17, 15) is 4.79 Å². The molecule has 0 fully saturated rings. The fourth-order valence-corrected chi connectivity index (χ4v) is 1.88. The fraction of sp³-hybridized carbons (Fsp3) is 0.429. The minimum Gasteiger partial charge on any atom is -0.389 e. The molecule has 4 nitrogen and oxygen atoms in total. The topological polar surface area (TPSA) is 58.4 Å². The Bertz CT molecular complexity index is 427. The number of rotatable bonds is 7. The van der Waals surface area contributed by atoms with Gasteiger partial charge in [-0.05, 0) is 37.4 Å². The normalized spacial score (nSPS) is 10.5. The van der Waals surface area contributed by atoms with E-state index in [1.54, 1.807) is 0 Å². The summed E-state index contributed by atoms with van der Waals surface area (Å²) in [5, 5.41) is 2.86. The zero-order chi connectivity index (χ0) is 14.3. The van der Waals surface area contributed by atoms with Gasteiger partial charge < -0.3 is 16.0 Å². The van der Waals surface area contributed by atoms with Crippen molar-refractivity contribution in [3.05, 3.63) is 29.8 Å². The van der Waals surface area contributed by atoms with Crippen molar-refractivity contribution in [2.75, 3.05) is 25.0 Å². The van der Waals surface area contributed by atoms with E-state index in [-0.39, 0.29) is 5.91 Å². The molecule has 1 amide bonds. The Kier molecular flexibility index (Phi) is 6.45. The molecule has 0 aliphatic rings. The van der Waals surface area contributed by atoms with Crippen LogP contribution in [0.1, 0.15) is 25.8 Å². The second-order valence-electron chi connectivity index (χ2n) is 4.27. The summed E-state index contributed by atoms with van der Waals surface area (Å²) in [5.41, 5.74) is 7.09. The molecule has 104 valence electrons. The number of anilines is 1. The van der Waals surface area contributed by atoms with Crippen molar-refractivity contribution in [1.29, 1.82) is 0 Å². The van der Waals surface area contributed by atoms with Gasteiger partial charge in [-0.1, -0.05) is 26.1 Å². The first-order valence-electron chi connectivity index (χ1n) is 6.48. The maximum atomic E-state index is 11.8. The predicted molar refractivity (Wildman–Crippen MR) is 83.4 cm³/mol. The van der Waals surface area contributed by atoms with Crippen LogP contribution in [0, 0.1) is 0 Å². The highest BCUT2D eigenvalue weighted by molar-refractivity contribution is 7.80. The third-order valence-electron chi connectivity index (χ3n) is 3.00. The number of hydrogen-bond acceptors (Lipinski definition) is 3. The molecule has 0 aliphatic carbocycles. The lowest BCUT2D eigenvalue weighted by molar-refractivity contribution is -0.116. The van der Waals surface area contributed by atoms with Crippen LogP contribution in [0.25, 0.3) is 0 Å². The second-order valence-corrected chi connectivity index (χ2v) is 4.71. The van der Waals surface area contributed by atoms with Crippen LogP contribution in [0.4, 0.5) is 5.69 Å². The first-order valence-corrected chi connectivity index (χ1v) is 6.89. The first kappa shape index (κ1) is 15.6. The quantitative estimate of drug-likeness (QED) is 0.749. The Hall–Kier alpha value is -1.46. The van der Waals surface area contributed by atoms with Crippen molar-refractivity contribution in [3.63, 3.8) is 0 Å². The van der Waals surface area contributed by atoms with Crippen molar-refractivity contribution in [2.45, 2.75) is 20.3 Å². The van der Waals surface area contributed by atoms with Crippen molar-refractivity contribution in [1.82, 2.24) is 4.90 Å². The standard InChI is InChI=1S/C14H21N3OS/c1-3-17(4-2)10-9-13(18)16-12-7-5-11(6-8-12)14(15)19/h5-8H,3-4,9-10H2,1-2H3,(H2,15,19)(H,16,18). The molecule has 19 heavy (non-hydrogen) atoms. The van der Waals surface area contributed by atoms with E-state index < -0.39 is 0 Å². The molecule has 1 rings (SSSR count). The summed E-state index contributed by atoms with van der Waals surface area (Å²) in [4.78, 5) is 14.4. The third-order valence-corrected chi connectivity index (χ3v) is 3.24. The van der Waals surface area contributed by atoms with Crippen LogP contribution in [0.15, 0.2) is 24.3 Å². The summed E-state index contributed by atoms with van der Waals surface area (Å²) >= 11 is 4.87. The van der Waals surface area contributed by atoms with Crippen molar-refractivity contribution >= 4 is 28.8 Å². The van der Waals surface area contributed by atoms with Crippen molar-refractivity contribution < 1.29 is 4.79 Å². The zero-order valence-electron chi connectivity index (χ0n) is 11.5. The van der Waals surface area contributed by atoms with E-state index in [2.05, 4.69) is 24.1 Å². The van der Waals surface area contributed by atoms with Crippen LogP contribution in [-0.2, 0) is 4.79 Å². The molecule has 0 saturated carbocycles. The van der Waals surface area contributed by atoms with Gasteiger partial charge in [-0.25, -0.2) is 0 Å². The maximum absolute atomic E-state index is 11.8. The van der Waals surface area contributed by atoms with Crippen LogP contribution in [0.2, 0.25) is 0 Å².